The number of fused-ring (bicyclic) bond motifs is 1. The van der Waals surface area contributed by atoms with E-state index in [0.717, 1.165) is 50.2 Å². The molecule has 0 radical (unpaired) electrons. The Labute approximate surface area is 180 Å². The number of carbonyl (C=O) groups is 1. The van der Waals surface area contributed by atoms with E-state index in [1.807, 2.05) is 6.07 Å². The number of ether oxygens (including phenoxy) is 1. The topological polar surface area (TPSA) is 41.6 Å². The zero-order valence-corrected chi connectivity index (χ0v) is 18.7. The van der Waals surface area contributed by atoms with Crippen molar-refractivity contribution < 1.29 is 9.53 Å². The molecule has 1 N–H and O–H groups in total. The zero-order chi connectivity index (χ0) is 21.3. The number of hydrogen-bond acceptors (Lipinski definition) is 3. The number of benzene rings is 2. The van der Waals surface area contributed by atoms with E-state index in [1.54, 1.807) is 0 Å². The number of likely N-dealkylation sites (tertiary alicyclic amines) is 1. The van der Waals surface area contributed by atoms with Crippen molar-refractivity contribution in [3.63, 3.8) is 0 Å². The minimum atomic E-state index is -0.281. The van der Waals surface area contributed by atoms with Crippen molar-refractivity contribution in [2.75, 3.05) is 13.1 Å². The van der Waals surface area contributed by atoms with E-state index < -0.39 is 0 Å². The predicted octanol–water partition coefficient (Wildman–Crippen LogP) is 4.93. The summed E-state index contributed by atoms with van der Waals surface area (Å²) in [6.45, 7) is 11.4. The van der Waals surface area contributed by atoms with Gasteiger partial charge in [-0.25, -0.2) is 0 Å². The van der Waals surface area contributed by atoms with E-state index in [2.05, 4.69) is 74.3 Å². The molecule has 4 nitrogen and oxygen atoms in total. The van der Waals surface area contributed by atoms with Crippen LogP contribution in [0.4, 0.5) is 0 Å². The van der Waals surface area contributed by atoms with Gasteiger partial charge in [0.1, 0.15) is 11.4 Å². The molecule has 1 fully saturated rings. The Balaban J connectivity index is 1.37. The third-order valence-electron chi connectivity index (χ3n) is 6.55. The van der Waals surface area contributed by atoms with Gasteiger partial charge in [-0.15, -0.1) is 0 Å². The lowest BCUT2D eigenvalue weighted by Crippen LogP contribution is -2.45. The lowest BCUT2D eigenvalue weighted by Gasteiger charge is -2.39. The maximum Gasteiger partial charge on any atom is 0.223 e. The van der Waals surface area contributed by atoms with Gasteiger partial charge >= 0.3 is 0 Å². The summed E-state index contributed by atoms with van der Waals surface area (Å²) in [7, 11) is 0. The molecule has 1 saturated heterocycles. The number of aryl methyl sites for hydroxylation is 2. The van der Waals surface area contributed by atoms with Crippen molar-refractivity contribution in [3.05, 3.63) is 64.7 Å². The molecule has 1 amide bonds. The van der Waals surface area contributed by atoms with Gasteiger partial charge in [0, 0.05) is 24.4 Å². The summed E-state index contributed by atoms with van der Waals surface area (Å²) >= 11 is 0. The van der Waals surface area contributed by atoms with Crippen LogP contribution in [0.3, 0.4) is 0 Å². The van der Waals surface area contributed by atoms with Gasteiger partial charge in [-0.3, -0.25) is 9.69 Å². The first-order chi connectivity index (χ1) is 14.3. The van der Waals surface area contributed by atoms with E-state index in [0.29, 0.717) is 0 Å². The van der Waals surface area contributed by atoms with Crippen molar-refractivity contribution in [2.45, 2.75) is 65.1 Å². The average molecular weight is 407 g/mol. The number of nitrogens with one attached hydrogen (secondary N) is 1. The van der Waals surface area contributed by atoms with Crippen LogP contribution in [0.2, 0.25) is 0 Å². The summed E-state index contributed by atoms with van der Waals surface area (Å²) in [4.78, 5) is 15.6. The van der Waals surface area contributed by atoms with Gasteiger partial charge < -0.3 is 10.1 Å². The Morgan fingerprint density at radius 3 is 2.60 bits per heavy atom. The van der Waals surface area contributed by atoms with E-state index >= 15 is 0 Å². The molecule has 160 valence electrons. The first kappa shape index (κ1) is 20.9. The average Bonchev–Trinajstić information content (AvgIpc) is 2.70. The fourth-order valence-corrected chi connectivity index (χ4v) is 4.77. The Morgan fingerprint density at radius 2 is 1.87 bits per heavy atom. The van der Waals surface area contributed by atoms with Crippen LogP contribution in [-0.2, 0) is 11.3 Å². The van der Waals surface area contributed by atoms with Crippen LogP contribution in [0.1, 0.15) is 61.4 Å². The van der Waals surface area contributed by atoms with Gasteiger partial charge in [0.15, 0.2) is 0 Å². The maximum atomic E-state index is 13.1. The van der Waals surface area contributed by atoms with Gasteiger partial charge in [0.05, 0.1) is 6.04 Å². The van der Waals surface area contributed by atoms with Crippen molar-refractivity contribution in [3.8, 4) is 5.75 Å². The second kappa shape index (κ2) is 8.43. The Hall–Kier alpha value is -2.33. The second-order valence-corrected chi connectivity index (χ2v) is 9.65. The van der Waals surface area contributed by atoms with Crippen LogP contribution in [0.5, 0.6) is 5.75 Å². The highest BCUT2D eigenvalue weighted by molar-refractivity contribution is 5.79. The highest BCUT2D eigenvalue weighted by atomic mass is 16.5. The summed E-state index contributed by atoms with van der Waals surface area (Å²) in [6, 6.07) is 14.9. The molecule has 1 unspecified atom stereocenters. The van der Waals surface area contributed by atoms with Crippen molar-refractivity contribution in [2.24, 2.45) is 5.92 Å². The Kier molecular flexibility index (Phi) is 5.88. The van der Waals surface area contributed by atoms with E-state index in [1.165, 1.54) is 16.7 Å². The van der Waals surface area contributed by atoms with Crippen molar-refractivity contribution in [1.82, 2.24) is 10.2 Å². The number of piperidine rings is 1. The number of hydrogen-bond donors (Lipinski definition) is 1. The largest absolute Gasteiger partial charge is 0.487 e. The molecule has 4 rings (SSSR count). The molecule has 1 atom stereocenters. The quantitative estimate of drug-likeness (QED) is 0.782. The van der Waals surface area contributed by atoms with Crippen LogP contribution in [0.15, 0.2) is 42.5 Å². The van der Waals surface area contributed by atoms with Gasteiger partial charge in [-0.1, -0.05) is 42.0 Å². The molecule has 4 heteroatoms. The summed E-state index contributed by atoms with van der Waals surface area (Å²) in [5, 5.41) is 3.36. The highest BCUT2D eigenvalue weighted by Gasteiger charge is 2.36. The molecule has 30 heavy (non-hydrogen) atoms. The summed E-state index contributed by atoms with van der Waals surface area (Å²) in [5.41, 5.74) is 4.75. The minimum Gasteiger partial charge on any atom is -0.487 e. The molecule has 0 aliphatic carbocycles. The van der Waals surface area contributed by atoms with Crippen LogP contribution in [-0.4, -0.2) is 29.5 Å². The molecular formula is C26H34N2O2. The lowest BCUT2D eigenvalue weighted by atomic mass is 9.88. The van der Waals surface area contributed by atoms with E-state index in [-0.39, 0.29) is 23.5 Å². The van der Waals surface area contributed by atoms with Crippen LogP contribution in [0, 0.1) is 19.8 Å². The molecule has 0 spiro atoms. The van der Waals surface area contributed by atoms with Crippen molar-refractivity contribution in [1.29, 1.82) is 0 Å². The van der Waals surface area contributed by atoms with Crippen LogP contribution in [0.25, 0.3) is 0 Å². The number of amides is 1. The van der Waals surface area contributed by atoms with E-state index in [4.69, 9.17) is 4.74 Å². The molecule has 2 aliphatic rings. The third-order valence-corrected chi connectivity index (χ3v) is 6.55. The molecular weight excluding hydrogens is 372 g/mol. The van der Waals surface area contributed by atoms with Crippen molar-refractivity contribution >= 4 is 5.91 Å². The lowest BCUT2D eigenvalue weighted by molar-refractivity contribution is -0.127. The standard InChI is InChI=1S/C26H34N2O2/c1-18-9-10-24-22(15-18)23(16-26(3,4)30-24)27-25(29)20-11-13-28(14-12-20)17-21-8-6-5-7-19(21)2/h5-10,15,20,23H,11-14,16-17H2,1-4H3,(H,27,29). The van der Waals surface area contributed by atoms with Gasteiger partial charge in [0.25, 0.3) is 0 Å². The van der Waals surface area contributed by atoms with Crippen LogP contribution < -0.4 is 10.1 Å². The highest BCUT2D eigenvalue weighted by Crippen LogP contribution is 2.40. The predicted molar refractivity (Wildman–Crippen MR) is 121 cm³/mol. The zero-order valence-electron chi connectivity index (χ0n) is 18.7. The summed E-state index contributed by atoms with van der Waals surface area (Å²) in [5.74, 6) is 1.19. The van der Waals surface area contributed by atoms with Gasteiger partial charge in [0.2, 0.25) is 5.91 Å². The first-order valence-electron chi connectivity index (χ1n) is 11.2. The van der Waals surface area contributed by atoms with Gasteiger partial charge in [-0.2, -0.15) is 0 Å². The molecule has 2 aliphatic heterocycles. The number of rotatable bonds is 4. The SMILES string of the molecule is Cc1ccc2c(c1)C(NC(=O)C1CCN(Cc3ccccc3C)CC1)CC(C)(C)O2. The molecule has 0 bridgehead atoms. The molecule has 2 heterocycles. The normalized spacial score (nSPS) is 21.5. The molecule has 0 aromatic heterocycles. The Morgan fingerprint density at radius 1 is 1.13 bits per heavy atom. The smallest absolute Gasteiger partial charge is 0.223 e. The Bertz CT molecular complexity index is 913. The molecule has 0 saturated carbocycles. The monoisotopic (exact) mass is 406 g/mol. The van der Waals surface area contributed by atoms with Gasteiger partial charge in [-0.05, 0) is 70.8 Å². The number of carbonyl (C=O) groups excluding carboxylic acids is 1. The number of nitrogens with zero attached hydrogens (tertiary/aromatic N) is 1. The third kappa shape index (κ3) is 4.70. The second-order valence-electron chi connectivity index (χ2n) is 9.65. The van der Waals surface area contributed by atoms with E-state index in [9.17, 15) is 4.79 Å². The first-order valence-corrected chi connectivity index (χ1v) is 11.2. The fraction of sp³-hybridized carbons (Fsp3) is 0.500. The van der Waals surface area contributed by atoms with Crippen LogP contribution >= 0.6 is 0 Å². The molecule has 2 aromatic carbocycles. The molecule has 2 aromatic rings. The fourth-order valence-electron chi connectivity index (χ4n) is 4.77. The summed E-state index contributed by atoms with van der Waals surface area (Å²) < 4.78 is 6.15. The minimum absolute atomic E-state index is 0.0150. The summed E-state index contributed by atoms with van der Waals surface area (Å²) in [6.07, 6.45) is 2.64. The maximum absolute atomic E-state index is 13.1.